The van der Waals surface area contributed by atoms with Gasteiger partial charge in [0.25, 0.3) is 0 Å². The largest absolute Gasteiger partial charge is 0.495 e. The number of hydrogen-bond acceptors (Lipinski definition) is 5. The monoisotopic (exact) mass is 500 g/mol. The Morgan fingerprint density at radius 3 is 2.67 bits per heavy atom. The molecular formula is C28H28N4O3S. The van der Waals surface area contributed by atoms with Gasteiger partial charge in [0, 0.05) is 49.5 Å². The average molecular weight is 501 g/mol. The number of nitrogens with zero attached hydrogens (tertiary/aromatic N) is 3. The maximum absolute atomic E-state index is 13.1. The number of rotatable bonds is 9. The topological polar surface area (TPSA) is 68.1 Å². The molecule has 7 nitrogen and oxygen atoms in total. The molecule has 0 saturated carbocycles. The van der Waals surface area contributed by atoms with Gasteiger partial charge in [-0.3, -0.25) is 4.40 Å². The van der Waals surface area contributed by atoms with E-state index in [2.05, 4.69) is 57.7 Å². The lowest BCUT2D eigenvalue weighted by molar-refractivity contribution is 0.155. The van der Waals surface area contributed by atoms with Gasteiger partial charge in [0.15, 0.2) is 4.96 Å². The number of aromatic nitrogens is 2. The maximum atomic E-state index is 13.1. The van der Waals surface area contributed by atoms with Gasteiger partial charge in [-0.25, -0.2) is 9.78 Å². The van der Waals surface area contributed by atoms with Crippen LogP contribution in [-0.4, -0.2) is 54.2 Å². The van der Waals surface area contributed by atoms with E-state index >= 15 is 0 Å². The smallest absolute Gasteiger partial charge is 0.322 e. The number of nitrogens with one attached hydrogen (secondary N) is 1. The molecule has 36 heavy (non-hydrogen) atoms. The number of urea groups is 1. The third-order valence-electron chi connectivity index (χ3n) is 6.17. The molecule has 0 aliphatic carbocycles. The molecule has 8 heteroatoms. The Morgan fingerprint density at radius 2 is 1.83 bits per heavy atom. The van der Waals surface area contributed by atoms with Crippen LogP contribution in [0, 0.1) is 0 Å². The highest BCUT2D eigenvalue weighted by atomic mass is 32.1. The van der Waals surface area contributed by atoms with Crippen LogP contribution in [0.3, 0.4) is 0 Å². The fourth-order valence-electron chi connectivity index (χ4n) is 4.20. The van der Waals surface area contributed by atoms with E-state index in [1.54, 1.807) is 30.5 Å². The lowest BCUT2D eigenvalue weighted by Gasteiger charge is -2.23. The van der Waals surface area contributed by atoms with Gasteiger partial charge in [0.1, 0.15) is 5.75 Å². The van der Waals surface area contributed by atoms with Gasteiger partial charge in [0.05, 0.1) is 25.1 Å². The van der Waals surface area contributed by atoms with Gasteiger partial charge in [0.2, 0.25) is 0 Å². The fourth-order valence-corrected chi connectivity index (χ4v) is 5.11. The SMILES string of the molecule is COCCN(CCc1csc2nc(-c3ccc4ccccc4c3)cn12)C(=O)Nc1ccccc1OC. The molecule has 0 aliphatic heterocycles. The zero-order valence-electron chi connectivity index (χ0n) is 20.3. The molecule has 0 aliphatic rings. The van der Waals surface area contributed by atoms with Crippen molar-refractivity contribution in [2.45, 2.75) is 6.42 Å². The quantitative estimate of drug-likeness (QED) is 0.272. The van der Waals surface area contributed by atoms with Gasteiger partial charge >= 0.3 is 6.03 Å². The molecule has 0 saturated heterocycles. The summed E-state index contributed by atoms with van der Waals surface area (Å²) in [5.74, 6) is 0.622. The third-order valence-corrected chi connectivity index (χ3v) is 7.06. The lowest BCUT2D eigenvalue weighted by atomic mass is 10.1. The maximum Gasteiger partial charge on any atom is 0.322 e. The van der Waals surface area contributed by atoms with E-state index in [9.17, 15) is 4.79 Å². The van der Waals surface area contributed by atoms with E-state index in [0.717, 1.165) is 21.9 Å². The predicted molar refractivity (Wildman–Crippen MR) is 145 cm³/mol. The van der Waals surface area contributed by atoms with E-state index in [4.69, 9.17) is 14.5 Å². The first-order valence-corrected chi connectivity index (χ1v) is 12.7. The van der Waals surface area contributed by atoms with Crippen LogP contribution in [0.2, 0.25) is 0 Å². The predicted octanol–water partition coefficient (Wildman–Crippen LogP) is 5.95. The van der Waals surface area contributed by atoms with E-state index < -0.39 is 0 Å². The van der Waals surface area contributed by atoms with Crippen molar-refractivity contribution in [3.8, 4) is 17.0 Å². The number of imidazole rings is 1. The number of anilines is 1. The Hall–Kier alpha value is -3.88. The normalized spacial score (nSPS) is 11.2. The molecule has 0 radical (unpaired) electrons. The number of benzene rings is 3. The van der Waals surface area contributed by atoms with Crippen molar-refractivity contribution < 1.29 is 14.3 Å². The Balaban J connectivity index is 1.33. The first kappa shape index (κ1) is 23.8. The van der Waals surface area contributed by atoms with Gasteiger partial charge in [-0.1, -0.05) is 48.5 Å². The minimum absolute atomic E-state index is 0.189. The number of methoxy groups -OCH3 is 2. The number of carbonyl (C=O) groups excluding carboxylic acids is 1. The summed E-state index contributed by atoms with van der Waals surface area (Å²) in [6.45, 7) is 1.48. The minimum atomic E-state index is -0.189. The average Bonchev–Trinajstić information content (AvgIpc) is 3.50. The highest BCUT2D eigenvalue weighted by Gasteiger charge is 2.17. The Kier molecular flexibility index (Phi) is 7.16. The van der Waals surface area contributed by atoms with Crippen molar-refractivity contribution in [2.24, 2.45) is 0 Å². The first-order chi connectivity index (χ1) is 17.7. The van der Waals surface area contributed by atoms with E-state index in [-0.39, 0.29) is 6.03 Å². The highest BCUT2D eigenvalue weighted by Crippen LogP contribution is 2.27. The number of hydrogen-bond donors (Lipinski definition) is 1. The number of fused-ring (bicyclic) bond motifs is 2. The lowest BCUT2D eigenvalue weighted by Crippen LogP contribution is -2.38. The van der Waals surface area contributed by atoms with Crippen molar-refractivity contribution in [1.29, 1.82) is 0 Å². The summed E-state index contributed by atoms with van der Waals surface area (Å²) < 4.78 is 12.7. The number of amides is 2. The van der Waals surface area contributed by atoms with E-state index in [1.165, 1.54) is 10.8 Å². The van der Waals surface area contributed by atoms with Crippen molar-refractivity contribution in [2.75, 3.05) is 39.2 Å². The molecule has 2 aromatic heterocycles. The Morgan fingerprint density at radius 1 is 1.03 bits per heavy atom. The van der Waals surface area contributed by atoms with Crippen LogP contribution in [0.1, 0.15) is 5.69 Å². The molecule has 184 valence electrons. The molecule has 1 N–H and O–H groups in total. The van der Waals surface area contributed by atoms with E-state index in [1.807, 2.05) is 30.3 Å². The molecular weight excluding hydrogens is 472 g/mol. The van der Waals surface area contributed by atoms with Crippen molar-refractivity contribution >= 4 is 38.8 Å². The van der Waals surface area contributed by atoms with Crippen LogP contribution in [0.25, 0.3) is 27.0 Å². The summed E-state index contributed by atoms with van der Waals surface area (Å²) in [6.07, 6.45) is 2.77. The summed E-state index contributed by atoms with van der Waals surface area (Å²) in [7, 11) is 3.23. The van der Waals surface area contributed by atoms with Crippen LogP contribution >= 0.6 is 11.3 Å². The standard InChI is InChI=1S/C28H28N4O3S/c1-34-16-15-31(27(33)29-24-9-5-6-10-26(24)35-2)14-13-23-19-36-28-30-25(18-32(23)28)22-12-11-20-7-3-4-8-21(20)17-22/h3-12,17-19H,13-16H2,1-2H3,(H,29,33). The first-order valence-electron chi connectivity index (χ1n) is 11.8. The number of para-hydroxylation sites is 2. The molecule has 5 aromatic rings. The number of thiazole rings is 1. The van der Waals surface area contributed by atoms with Crippen molar-refractivity contribution in [3.05, 3.63) is 84.0 Å². The summed E-state index contributed by atoms with van der Waals surface area (Å²) in [4.78, 5) is 20.6. The molecule has 0 bridgehead atoms. The zero-order valence-corrected chi connectivity index (χ0v) is 21.1. The summed E-state index contributed by atoms with van der Waals surface area (Å²) in [5, 5.41) is 7.49. The fraction of sp³-hybridized carbons (Fsp3) is 0.214. The highest BCUT2D eigenvalue weighted by molar-refractivity contribution is 7.15. The molecule has 0 fully saturated rings. The van der Waals surface area contributed by atoms with Crippen LogP contribution in [-0.2, 0) is 11.2 Å². The van der Waals surface area contributed by atoms with Crippen LogP contribution in [0.4, 0.5) is 10.5 Å². The second kappa shape index (κ2) is 10.8. The van der Waals surface area contributed by atoms with Gasteiger partial charge < -0.3 is 19.7 Å². The van der Waals surface area contributed by atoms with Gasteiger partial charge in [-0.2, -0.15) is 0 Å². The summed E-state index contributed by atoms with van der Waals surface area (Å²) >= 11 is 1.61. The van der Waals surface area contributed by atoms with Crippen molar-refractivity contribution in [1.82, 2.24) is 14.3 Å². The van der Waals surface area contributed by atoms with Crippen molar-refractivity contribution in [3.63, 3.8) is 0 Å². The van der Waals surface area contributed by atoms with Crippen LogP contribution in [0.15, 0.2) is 78.3 Å². The minimum Gasteiger partial charge on any atom is -0.495 e. The zero-order chi connectivity index (χ0) is 24.9. The van der Waals surface area contributed by atoms with Crippen LogP contribution in [0.5, 0.6) is 5.75 Å². The second-order valence-corrected chi connectivity index (χ2v) is 9.26. The van der Waals surface area contributed by atoms with Crippen LogP contribution < -0.4 is 10.1 Å². The Labute approximate surface area is 213 Å². The number of carbonyl (C=O) groups is 1. The molecule has 2 amide bonds. The molecule has 5 rings (SSSR count). The Bertz CT molecular complexity index is 1490. The molecule has 0 atom stereocenters. The summed E-state index contributed by atoms with van der Waals surface area (Å²) in [6, 6.07) is 22.0. The molecule has 0 unspecified atom stereocenters. The molecule has 3 aromatic carbocycles. The third kappa shape index (κ3) is 5.05. The molecule has 0 spiro atoms. The second-order valence-electron chi connectivity index (χ2n) is 8.43. The summed E-state index contributed by atoms with van der Waals surface area (Å²) in [5.41, 5.74) is 3.79. The number of ether oxygens (including phenoxy) is 2. The van der Waals surface area contributed by atoms with E-state index in [0.29, 0.717) is 37.6 Å². The van der Waals surface area contributed by atoms with Gasteiger partial charge in [-0.15, -0.1) is 11.3 Å². The van der Waals surface area contributed by atoms with Gasteiger partial charge in [-0.05, 0) is 29.0 Å². The molecule has 2 heterocycles.